The minimum Gasteiger partial charge on any atom is -0.478 e. The smallest absolute Gasteiger partial charge is 0.335 e. The second-order valence-electron chi connectivity index (χ2n) is 6.33. The van der Waals surface area contributed by atoms with E-state index in [1.807, 2.05) is 4.90 Å². The summed E-state index contributed by atoms with van der Waals surface area (Å²) in [5, 5.41) is 9.55. The van der Waals surface area contributed by atoms with Crippen molar-refractivity contribution in [1.82, 2.24) is 4.90 Å². The lowest BCUT2D eigenvalue weighted by molar-refractivity contribution is -0.133. The Balaban J connectivity index is 1.86. The van der Waals surface area contributed by atoms with Gasteiger partial charge in [0.05, 0.1) is 11.6 Å². The summed E-state index contributed by atoms with van der Waals surface area (Å²) < 4.78 is 0. The maximum Gasteiger partial charge on any atom is 0.335 e. The zero-order valence-electron chi connectivity index (χ0n) is 13.7. The van der Waals surface area contributed by atoms with E-state index in [2.05, 4.69) is 11.9 Å². The summed E-state index contributed by atoms with van der Waals surface area (Å²) >= 11 is 0. The average Bonchev–Trinajstić information content (AvgIpc) is 2.95. The molecule has 0 spiro atoms. The third-order valence-corrected chi connectivity index (χ3v) is 4.64. The van der Waals surface area contributed by atoms with E-state index in [-0.39, 0.29) is 6.04 Å². The zero-order chi connectivity index (χ0) is 15.9. The van der Waals surface area contributed by atoms with Gasteiger partial charge < -0.3 is 15.7 Å². The molecule has 22 heavy (non-hydrogen) atoms. The van der Waals surface area contributed by atoms with E-state index in [1.165, 1.54) is 32.1 Å². The van der Waals surface area contributed by atoms with Gasteiger partial charge in [0.1, 0.15) is 0 Å². The van der Waals surface area contributed by atoms with Crippen LogP contribution in [0.3, 0.4) is 0 Å². The first kappa shape index (κ1) is 16.8. The van der Waals surface area contributed by atoms with Gasteiger partial charge in [-0.3, -0.25) is 0 Å². The highest BCUT2D eigenvalue weighted by atomic mass is 16.4. The van der Waals surface area contributed by atoms with Crippen LogP contribution in [0.1, 0.15) is 71.1 Å². The number of carbonyl (C=O) groups is 1. The van der Waals surface area contributed by atoms with Crippen molar-refractivity contribution in [3.63, 3.8) is 0 Å². The van der Waals surface area contributed by atoms with Gasteiger partial charge in [0.15, 0.2) is 5.96 Å². The SMILES string of the molecule is CCCCCCCCC[C@@H]1N=C(N)N2CCCC2=C1C(=O)O. The topological polar surface area (TPSA) is 78.9 Å². The molecule has 0 radical (unpaired) electrons. The summed E-state index contributed by atoms with van der Waals surface area (Å²) in [5.74, 6) is -0.323. The predicted octanol–water partition coefficient (Wildman–Crippen LogP) is 3.26. The monoisotopic (exact) mass is 307 g/mol. The first-order valence-corrected chi connectivity index (χ1v) is 8.72. The molecular weight excluding hydrogens is 278 g/mol. The molecule has 5 nitrogen and oxygen atoms in total. The third-order valence-electron chi connectivity index (χ3n) is 4.64. The van der Waals surface area contributed by atoms with Crippen molar-refractivity contribution in [2.75, 3.05) is 6.54 Å². The van der Waals surface area contributed by atoms with Crippen molar-refractivity contribution < 1.29 is 9.90 Å². The highest BCUT2D eigenvalue weighted by molar-refractivity contribution is 5.93. The molecule has 1 fully saturated rings. The molecule has 0 amide bonds. The number of fused-ring (bicyclic) bond motifs is 1. The number of unbranched alkanes of at least 4 members (excludes halogenated alkanes) is 6. The summed E-state index contributed by atoms with van der Waals surface area (Å²) in [7, 11) is 0. The molecule has 2 rings (SSSR count). The van der Waals surface area contributed by atoms with Gasteiger partial charge in [-0.05, 0) is 19.3 Å². The van der Waals surface area contributed by atoms with Crippen LogP contribution >= 0.6 is 0 Å². The van der Waals surface area contributed by atoms with Crippen molar-refractivity contribution >= 4 is 11.9 Å². The molecule has 0 aromatic carbocycles. The van der Waals surface area contributed by atoms with E-state index >= 15 is 0 Å². The van der Waals surface area contributed by atoms with Crippen LogP contribution in [-0.2, 0) is 4.79 Å². The standard InChI is InChI=1S/C17H29N3O2/c1-2-3-4-5-6-7-8-10-13-15(16(21)22)14-11-9-12-20(14)17(18)19-13/h13H,2-12H2,1H3,(H2,18,19)(H,21,22)/t13-/m0/s1. The molecule has 5 heteroatoms. The summed E-state index contributed by atoms with van der Waals surface area (Å²) in [5.41, 5.74) is 7.39. The molecular formula is C17H29N3O2. The van der Waals surface area contributed by atoms with Crippen LogP contribution in [0.5, 0.6) is 0 Å². The molecule has 0 saturated carbocycles. The lowest BCUT2D eigenvalue weighted by Gasteiger charge is -2.29. The van der Waals surface area contributed by atoms with Gasteiger partial charge >= 0.3 is 5.97 Å². The highest BCUT2D eigenvalue weighted by Crippen LogP contribution is 2.32. The van der Waals surface area contributed by atoms with Crippen molar-refractivity contribution in [2.45, 2.75) is 77.2 Å². The van der Waals surface area contributed by atoms with Crippen molar-refractivity contribution in [3.8, 4) is 0 Å². The van der Waals surface area contributed by atoms with E-state index in [0.717, 1.165) is 44.3 Å². The number of aliphatic carboxylic acids is 1. The number of nitrogens with two attached hydrogens (primary N) is 1. The van der Waals surface area contributed by atoms with Crippen LogP contribution in [0.25, 0.3) is 0 Å². The molecule has 0 unspecified atom stereocenters. The first-order valence-electron chi connectivity index (χ1n) is 8.72. The maximum absolute atomic E-state index is 11.6. The van der Waals surface area contributed by atoms with E-state index < -0.39 is 5.97 Å². The number of hydrogen-bond acceptors (Lipinski definition) is 4. The fraction of sp³-hybridized carbons (Fsp3) is 0.765. The maximum atomic E-state index is 11.6. The molecule has 3 N–H and O–H groups in total. The minimum absolute atomic E-state index is 0.252. The fourth-order valence-corrected chi connectivity index (χ4v) is 3.46. The summed E-state index contributed by atoms with van der Waals surface area (Å²) in [6.07, 6.45) is 11.2. The number of carboxylic acid groups (broad SMARTS) is 1. The number of guanidine groups is 1. The third kappa shape index (κ3) is 4.02. The predicted molar refractivity (Wildman–Crippen MR) is 88.6 cm³/mol. The zero-order valence-corrected chi connectivity index (χ0v) is 13.7. The summed E-state index contributed by atoms with van der Waals surface area (Å²) in [6.45, 7) is 3.02. The Labute approximate surface area is 133 Å². The number of rotatable bonds is 9. The fourth-order valence-electron chi connectivity index (χ4n) is 3.46. The molecule has 1 saturated heterocycles. The molecule has 0 aromatic rings. The van der Waals surface area contributed by atoms with Crippen molar-refractivity contribution in [3.05, 3.63) is 11.3 Å². The van der Waals surface area contributed by atoms with Crippen LogP contribution in [0.4, 0.5) is 0 Å². The van der Waals surface area contributed by atoms with Crippen molar-refractivity contribution in [2.24, 2.45) is 10.7 Å². The van der Waals surface area contributed by atoms with Crippen molar-refractivity contribution in [1.29, 1.82) is 0 Å². The number of carboxylic acids is 1. The molecule has 2 aliphatic heterocycles. The Kier molecular flexibility index (Phi) is 6.28. The normalized spacial score (nSPS) is 21.0. The summed E-state index contributed by atoms with van der Waals surface area (Å²) in [6, 6.07) is -0.252. The second kappa shape index (κ2) is 8.20. The molecule has 1 atom stereocenters. The Morgan fingerprint density at radius 1 is 1.27 bits per heavy atom. The van der Waals surface area contributed by atoms with Gasteiger partial charge in [-0.2, -0.15) is 0 Å². The van der Waals surface area contributed by atoms with Gasteiger partial charge in [0, 0.05) is 12.2 Å². The first-order chi connectivity index (χ1) is 10.6. The average molecular weight is 307 g/mol. The Bertz CT molecular complexity index is 457. The van der Waals surface area contributed by atoms with Crippen LogP contribution in [0.2, 0.25) is 0 Å². The van der Waals surface area contributed by atoms with Crippen LogP contribution in [0, 0.1) is 0 Å². The largest absolute Gasteiger partial charge is 0.478 e. The molecule has 0 aliphatic carbocycles. The van der Waals surface area contributed by atoms with Gasteiger partial charge in [0.25, 0.3) is 0 Å². The van der Waals surface area contributed by atoms with Gasteiger partial charge in [-0.15, -0.1) is 0 Å². The van der Waals surface area contributed by atoms with Crippen LogP contribution in [-0.4, -0.2) is 34.5 Å². The quantitative estimate of drug-likeness (QED) is 0.641. The molecule has 2 heterocycles. The lowest BCUT2D eigenvalue weighted by atomic mass is 9.96. The Morgan fingerprint density at radius 3 is 2.64 bits per heavy atom. The van der Waals surface area contributed by atoms with Crippen LogP contribution < -0.4 is 5.73 Å². The highest BCUT2D eigenvalue weighted by Gasteiger charge is 2.35. The Hall–Kier alpha value is -1.52. The second-order valence-corrected chi connectivity index (χ2v) is 6.33. The summed E-state index contributed by atoms with van der Waals surface area (Å²) in [4.78, 5) is 18.0. The van der Waals surface area contributed by atoms with E-state index in [9.17, 15) is 9.90 Å². The molecule has 0 bridgehead atoms. The Morgan fingerprint density at radius 2 is 1.95 bits per heavy atom. The van der Waals surface area contributed by atoms with Gasteiger partial charge in [-0.25, -0.2) is 9.79 Å². The number of allylic oxidation sites excluding steroid dienone is 1. The number of nitrogens with zero attached hydrogens (tertiary/aromatic N) is 2. The van der Waals surface area contributed by atoms with E-state index in [0.29, 0.717) is 11.5 Å². The number of aliphatic imine (C=N–C) groups is 1. The molecule has 124 valence electrons. The minimum atomic E-state index is -0.828. The van der Waals surface area contributed by atoms with Gasteiger partial charge in [0.2, 0.25) is 0 Å². The van der Waals surface area contributed by atoms with Gasteiger partial charge in [-0.1, -0.05) is 51.9 Å². The molecule has 2 aliphatic rings. The van der Waals surface area contributed by atoms with Crippen LogP contribution in [0.15, 0.2) is 16.3 Å². The van der Waals surface area contributed by atoms with E-state index in [1.54, 1.807) is 0 Å². The molecule has 0 aromatic heterocycles. The van der Waals surface area contributed by atoms with E-state index in [4.69, 9.17) is 5.73 Å². The lowest BCUT2D eigenvalue weighted by Crippen LogP contribution is -2.41. The number of hydrogen-bond donors (Lipinski definition) is 2.